The Balaban J connectivity index is 2.01. The van der Waals surface area contributed by atoms with Gasteiger partial charge in [-0.15, -0.1) is 0 Å². The quantitative estimate of drug-likeness (QED) is 0.0426. The molecule has 0 aromatic heterocycles. The number of aliphatic hydroxyl groups is 1. The number of nitrogens with two attached hydrogens (primary N) is 4. The van der Waals surface area contributed by atoms with E-state index in [0.29, 0.717) is 11.1 Å². The molecule has 5 atom stereocenters. The summed E-state index contributed by atoms with van der Waals surface area (Å²) >= 11 is 0. The number of benzene rings is 2. The second-order valence-electron chi connectivity index (χ2n) is 15.2. The zero-order chi connectivity index (χ0) is 48.6. The Morgan fingerprint density at radius 1 is 0.712 bits per heavy atom. The van der Waals surface area contributed by atoms with Crippen LogP contribution in [0.25, 0.3) is 0 Å². The number of aliphatic imine (C=N–C) groups is 1. The van der Waals surface area contributed by atoms with Crippen LogP contribution in [-0.4, -0.2) is 145 Å². The lowest BCUT2D eigenvalue weighted by Gasteiger charge is -2.29. The van der Waals surface area contributed by atoms with E-state index in [-0.39, 0.29) is 64.1 Å². The molecule has 3 rings (SSSR count). The summed E-state index contributed by atoms with van der Waals surface area (Å²) in [7, 11) is 0. The van der Waals surface area contributed by atoms with Gasteiger partial charge in [-0.25, -0.2) is 0 Å². The molecule has 0 unspecified atom stereocenters. The zero-order valence-electron chi connectivity index (χ0n) is 36.3. The van der Waals surface area contributed by atoms with Crippen LogP contribution in [0.1, 0.15) is 49.7 Å². The highest BCUT2D eigenvalue weighted by Crippen LogP contribution is 2.10. The van der Waals surface area contributed by atoms with E-state index in [9.17, 15) is 53.1 Å². The largest absolute Gasteiger partial charge is 0.394 e. The van der Waals surface area contributed by atoms with E-state index in [1.807, 2.05) is 0 Å². The van der Waals surface area contributed by atoms with Crippen LogP contribution >= 0.6 is 0 Å². The molecule has 2 aromatic carbocycles. The fourth-order valence-corrected chi connectivity index (χ4v) is 6.55. The fraction of sp³-hybridized carbons (Fsp3) is 0.452. The Hall–Kier alpha value is -7.63. The third-order valence-corrected chi connectivity index (χ3v) is 9.95. The number of nitrogens with zero attached hydrogens (tertiary/aromatic N) is 2. The van der Waals surface area contributed by atoms with Crippen molar-refractivity contribution < 1.29 is 53.1 Å². The van der Waals surface area contributed by atoms with Gasteiger partial charge in [0.1, 0.15) is 30.2 Å². The standard InChI is InChI=1S/C42H59N13O11/c43-32(57)14-13-28-39(64)49-22-35(60)53-31(24-56)40(65)54-30(21-26-10-5-2-6-11-26)41(66)55(23-36(61)52-29(37(44)62)20-25-8-3-1-4-9-25)19-18-47-38(63)27(12-7-17-48-42(45)46)50-33(58)15-16-34(59)51-28/h1-6,8-11,27-31,56H,7,12-24H2,(H2,43,57)(H2,44,62)(H,47,63)(H,49,64)(H,50,58)(H,51,59)(H,52,61)(H,53,60)(H,54,65)(H4,45,46,48)/t27-,28-,29-,30-,31-/m0/s1. The lowest BCUT2D eigenvalue weighted by Crippen LogP contribution is -2.59. The fourth-order valence-electron chi connectivity index (χ4n) is 6.55. The van der Waals surface area contributed by atoms with Crippen LogP contribution in [0.2, 0.25) is 0 Å². The first-order valence-corrected chi connectivity index (χ1v) is 21.1. The molecule has 0 spiro atoms. The van der Waals surface area contributed by atoms with Crippen LogP contribution in [0.4, 0.5) is 0 Å². The summed E-state index contributed by atoms with van der Waals surface area (Å²) in [6.45, 7) is -3.06. The van der Waals surface area contributed by atoms with Gasteiger partial charge in [-0.2, -0.15) is 0 Å². The van der Waals surface area contributed by atoms with Crippen molar-refractivity contribution in [3.63, 3.8) is 0 Å². The van der Waals surface area contributed by atoms with Crippen LogP contribution < -0.4 is 60.2 Å². The van der Waals surface area contributed by atoms with Gasteiger partial charge in [0.15, 0.2) is 5.96 Å². The van der Waals surface area contributed by atoms with Crippen molar-refractivity contribution in [2.75, 3.05) is 39.3 Å². The number of guanidine groups is 1. The molecule has 1 aliphatic heterocycles. The first-order chi connectivity index (χ1) is 31.4. The molecule has 0 saturated carbocycles. The molecule has 66 heavy (non-hydrogen) atoms. The summed E-state index contributed by atoms with van der Waals surface area (Å²) < 4.78 is 0. The van der Waals surface area contributed by atoms with Crippen molar-refractivity contribution in [2.45, 2.75) is 81.6 Å². The molecular weight excluding hydrogens is 863 g/mol. The minimum Gasteiger partial charge on any atom is -0.394 e. The number of aliphatic hydroxyl groups excluding tert-OH is 1. The Labute approximate surface area is 380 Å². The molecule has 0 radical (unpaired) electrons. The minimum atomic E-state index is -1.67. The molecule has 16 N–H and O–H groups in total. The normalized spacial score (nSPS) is 20.2. The van der Waals surface area contributed by atoms with Crippen molar-refractivity contribution in [1.82, 2.24) is 42.1 Å². The molecular formula is C42H59N13O11. The topological polar surface area (TPSA) is 395 Å². The lowest BCUT2D eigenvalue weighted by atomic mass is 10.0. The lowest BCUT2D eigenvalue weighted by molar-refractivity contribution is -0.140. The Morgan fingerprint density at radius 3 is 1.86 bits per heavy atom. The molecule has 24 nitrogen and oxygen atoms in total. The molecule has 1 heterocycles. The number of rotatable bonds is 16. The van der Waals surface area contributed by atoms with E-state index in [4.69, 9.17) is 22.9 Å². The van der Waals surface area contributed by atoms with Crippen LogP contribution in [0.15, 0.2) is 65.7 Å². The van der Waals surface area contributed by atoms with Crippen molar-refractivity contribution in [2.24, 2.45) is 27.9 Å². The summed E-state index contributed by atoms with van der Waals surface area (Å²) in [6, 6.07) is 10.1. The van der Waals surface area contributed by atoms with Gasteiger partial charge in [-0.1, -0.05) is 60.7 Å². The van der Waals surface area contributed by atoms with Crippen molar-refractivity contribution >= 4 is 65.0 Å². The van der Waals surface area contributed by atoms with Crippen LogP contribution in [0.5, 0.6) is 0 Å². The third kappa shape index (κ3) is 19.4. The summed E-state index contributed by atoms with van der Waals surface area (Å²) in [5.74, 6) is -8.76. The molecule has 10 amide bonds. The average molecular weight is 922 g/mol. The molecule has 1 saturated heterocycles. The predicted molar refractivity (Wildman–Crippen MR) is 236 cm³/mol. The zero-order valence-corrected chi connectivity index (χ0v) is 36.3. The van der Waals surface area contributed by atoms with Gasteiger partial charge < -0.3 is 70.2 Å². The molecule has 2 aromatic rings. The highest BCUT2D eigenvalue weighted by atomic mass is 16.3. The van der Waals surface area contributed by atoms with Gasteiger partial charge in [0.2, 0.25) is 59.1 Å². The maximum absolute atomic E-state index is 14.6. The molecule has 1 aliphatic rings. The van der Waals surface area contributed by atoms with E-state index < -0.39 is 122 Å². The van der Waals surface area contributed by atoms with E-state index >= 15 is 0 Å². The first kappa shape index (κ1) is 52.7. The number of carbonyl (C=O) groups is 10. The van der Waals surface area contributed by atoms with E-state index in [1.165, 1.54) is 0 Å². The summed E-state index contributed by atoms with van der Waals surface area (Å²) in [6.07, 6.45) is -1.51. The van der Waals surface area contributed by atoms with Gasteiger partial charge in [0.25, 0.3) is 0 Å². The van der Waals surface area contributed by atoms with Crippen molar-refractivity contribution in [3.8, 4) is 0 Å². The molecule has 358 valence electrons. The van der Waals surface area contributed by atoms with Crippen LogP contribution in [0, 0.1) is 0 Å². The smallest absolute Gasteiger partial charge is 0.246 e. The van der Waals surface area contributed by atoms with Gasteiger partial charge in [-0.3, -0.25) is 52.9 Å². The number of primary amides is 2. The van der Waals surface area contributed by atoms with Crippen LogP contribution in [0.3, 0.4) is 0 Å². The number of amides is 10. The number of nitrogens with one attached hydrogen (secondary N) is 7. The highest BCUT2D eigenvalue weighted by molar-refractivity contribution is 5.96. The Bertz CT molecular complexity index is 2050. The number of hydrogen-bond acceptors (Lipinski definition) is 12. The number of hydrogen-bond donors (Lipinski definition) is 12. The molecule has 0 aliphatic carbocycles. The van der Waals surface area contributed by atoms with Crippen molar-refractivity contribution in [3.05, 3.63) is 71.8 Å². The Kier molecular flexibility index (Phi) is 22.0. The second-order valence-corrected chi connectivity index (χ2v) is 15.2. The minimum absolute atomic E-state index is 0.000837. The molecule has 1 fully saturated rings. The summed E-state index contributed by atoms with van der Waals surface area (Å²) in [4.78, 5) is 137. The van der Waals surface area contributed by atoms with Gasteiger partial charge in [-0.05, 0) is 30.4 Å². The number of carbonyl (C=O) groups excluding carboxylic acids is 10. The second kappa shape index (κ2) is 27.5. The summed E-state index contributed by atoms with van der Waals surface area (Å²) in [5.41, 5.74) is 23.0. The molecule has 0 bridgehead atoms. The van der Waals surface area contributed by atoms with E-state index in [1.54, 1.807) is 60.7 Å². The van der Waals surface area contributed by atoms with Gasteiger partial charge in [0, 0.05) is 51.7 Å². The first-order valence-electron chi connectivity index (χ1n) is 21.1. The van der Waals surface area contributed by atoms with Crippen molar-refractivity contribution in [1.29, 1.82) is 0 Å². The van der Waals surface area contributed by atoms with Gasteiger partial charge >= 0.3 is 0 Å². The maximum Gasteiger partial charge on any atom is 0.246 e. The molecule has 24 heteroatoms. The third-order valence-electron chi connectivity index (χ3n) is 9.95. The van der Waals surface area contributed by atoms with Crippen LogP contribution in [-0.2, 0) is 60.8 Å². The predicted octanol–water partition coefficient (Wildman–Crippen LogP) is -5.45. The van der Waals surface area contributed by atoms with E-state index in [0.717, 1.165) is 4.90 Å². The SMILES string of the molecule is NC(=O)CC[C@@H]1NC(=O)CCC(=O)N[C@@H](CCCN=C(N)N)C(=O)NCCN(CC(=O)N[C@@H](Cc2ccccc2)C(N)=O)C(=O)[C@H](Cc2ccccc2)NC(=O)[C@H](CO)NC(=O)CNC1=O. The maximum atomic E-state index is 14.6. The van der Waals surface area contributed by atoms with Gasteiger partial charge in [0.05, 0.1) is 19.7 Å². The van der Waals surface area contributed by atoms with E-state index in [2.05, 4.69) is 42.2 Å². The average Bonchev–Trinajstić information content (AvgIpc) is 3.28. The monoisotopic (exact) mass is 921 g/mol. The highest BCUT2D eigenvalue weighted by Gasteiger charge is 2.32. The summed E-state index contributed by atoms with van der Waals surface area (Å²) in [5, 5.41) is 27.4. The Morgan fingerprint density at radius 2 is 1.29 bits per heavy atom.